The molecule has 0 unspecified atom stereocenters. The Morgan fingerprint density at radius 1 is 1.04 bits per heavy atom. The molecule has 0 fully saturated rings. The number of rotatable bonds is 2. The van der Waals surface area contributed by atoms with Crippen molar-refractivity contribution in [2.75, 3.05) is 11.1 Å². The fourth-order valence-corrected chi connectivity index (χ4v) is 2.88. The van der Waals surface area contributed by atoms with Crippen molar-refractivity contribution >= 4 is 43.9 Å². The summed E-state index contributed by atoms with van der Waals surface area (Å²) >= 11 is 3.51. The van der Waals surface area contributed by atoms with E-state index in [-0.39, 0.29) is 5.41 Å². The molecule has 3 aromatic rings. The van der Waals surface area contributed by atoms with Crippen LogP contribution in [0.15, 0.2) is 53.1 Å². The normalized spacial score (nSPS) is 11.7. The first-order valence-corrected chi connectivity index (χ1v) is 8.35. The summed E-state index contributed by atoms with van der Waals surface area (Å²) in [6.07, 6.45) is 1.70. The summed E-state index contributed by atoms with van der Waals surface area (Å²) < 4.78 is 1.00. The number of hydrogen-bond donors (Lipinski definition) is 2. The minimum absolute atomic E-state index is 0.145. The molecule has 4 heteroatoms. The lowest BCUT2D eigenvalue weighted by molar-refractivity contribution is 0.590. The number of halogens is 1. The summed E-state index contributed by atoms with van der Waals surface area (Å²) in [6.45, 7) is 6.63. The van der Waals surface area contributed by atoms with Gasteiger partial charge in [-0.2, -0.15) is 0 Å². The summed E-state index contributed by atoms with van der Waals surface area (Å²) in [5, 5.41) is 4.43. The van der Waals surface area contributed by atoms with E-state index in [0.717, 1.165) is 26.8 Å². The maximum Gasteiger partial charge on any atom is 0.0746 e. The standard InChI is InChI=1S/C19H20BrN3/c1-19(2,3)12-4-7-14(8-5-12)23-18-15-10-13(20)6-9-17(15)22-11-16(18)21/h4-11H,21H2,1-3H3,(H,22,23). The average molecular weight is 370 g/mol. The van der Waals surface area contributed by atoms with Gasteiger partial charge in [0.25, 0.3) is 0 Å². The van der Waals surface area contributed by atoms with Crippen molar-refractivity contribution in [2.24, 2.45) is 0 Å². The molecule has 0 aliphatic carbocycles. The third kappa shape index (κ3) is 3.32. The van der Waals surface area contributed by atoms with E-state index < -0.39 is 0 Å². The Bertz CT molecular complexity index is 844. The van der Waals surface area contributed by atoms with Crippen LogP contribution < -0.4 is 11.1 Å². The van der Waals surface area contributed by atoms with Crippen LogP contribution in [0.1, 0.15) is 26.3 Å². The molecule has 0 saturated heterocycles. The number of fused-ring (bicyclic) bond motifs is 1. The molecule has 0 amide bonds. The summed E-state index contributed by atoms with van der Waals surface area (Å²) in [4.78, 5) is 4.38. The first-order valence-electron chi connectivity index (χ1n) is 7.56. The van der Waals surface area contributed by atoms with Crippen molar-refractivity contribution in [2.45, 2.75) is 26.2 Å². The second kappa shape index (κ2) is 5.85. The summed E-state index contributed by atoms with van der Waals surface area (Å²) in [5.41, 5.74) is 11.0. The molecule has 0 radical (unpaired) electrons. The highest BCUT2D eigenvalue weighted by molar-refractivity contribution is 9.10. The molecule has 0 aliphatic heterocycles. The minimum Gasteiger partial charge on any atom is -0.396 e. The monoisotopic (exact) mass is 369 g/mol. The number of nitrogens with one attached hydrogen (secondary N) is 1. The van der Waals surface area contributed by atoms with Gasteiger partial charge in [-0.05, 0) is 41.3 Å². The van der Waals surface area contributed by atoms with Crippen molar-refractivity contribution in [3.05, 3.63) is 58.7 Å². The van der Waals surface area contributed by atoms with Gasteiger partial charge in [-0.3, -0.25) is 4.98 Å². The predicted octanol–water partition coefficient (Wildman–Crippen LogP) is 5.62. The largest absolute Gasteiger partial charge is 0.396 e. The Labute approximate surface area is 145 Å². The Morgan fingerprint density at radius 2 is 1.74 bits per heavy atom. The molecule has 2 aromatic carbocycles. The fraction of sp³-hybridized carbons (Fsp3) is 0.211. The molecular weight excluding hydrogens is 350 g/mol. The van der Waals surface area contributed by atoms with Gasteiger partial charge in [-0.25, -0.2) is 0 Å². The third-order valence-electron chi connectivity index (χ3n) is 3.88. The van der Waals surface area contributed by atoms with E-state index in [4.69, 9.17) is 5.73 Å². The van der Waals surface area contributed by atoms with Gasteiger partial charge in [-0.1, -0.05) is 48.8 Å². The molecule has 1 aromatic heterocycles. The van der Waals surface area contributed by atoms with Crippen LogP contribution in [0, 0.1) is 0 Å². The predicted molar refractivity (Wildman–Crippen MR) is 102 cm³/mol. The topological polar surface area (TPSA) is 50.9 Å². The van der Waals surface area contributed by atoms with Gasteiger partial charge in [-0.15, -0.1) is 0 Å². The molecule has 0 atom stereocenters. The lowest BCUT2D eigenvalue weighted by Gasteiger charge is -2.19. The lowest BCUT2D eigenvalue weighted by Crippen LogP contribution is -2.10. The van der Waals surface area contributed by atoms with Gasteiger partial charge in [0, 0.05) is 15.5 Å². The lowest BCUT2D eigenvalue weighted by atomic mass is 9.87. The SMILES string of the molecule is CC(C)(C)c1ccc(Nc2c(N)cnc3ccc(Br)cc23)cc1. The molecule has 118 valence electrons. The van der Waals surface area contributed by atoms with Crippen molar-refractivity contribution in [1.29, 1.82) is 0 Å². The fourth-order valence-electron chi connectivity index (χ4n) is 2.52. The molecule has 23 heavy (non-hydrogen) atoms. The van der Waals surface area contributed by atoms with Crippen molar-refractivity contribution in [3.63, 3.8) is 0 Å². The highest BCUT2D eigenvalue weighted by atomic mass is 79.9. The van der Waals surface area contributed by atoms with E-state index in [1.807, 2.05) is 18.2 Å². The molecule has 3 nitrogen and oxygen atoms in total. The number of anilines is 3. The molecule has 0 bridgehead atoms. The zero-order valence-electron chi connectivity index (χ0n) is 13.5. The van der Waals surface area contributed by atoms with Gasteiger partial charge in [0.15, 0.2) is 0 Å². The van der Waals surface area contributed by atoms with Crippen LogP contribution in [0.2, 0.25) is 0 Å². The van der Waals surface area contributed by atoms with Crippen molar-refractivity contribution < 1.29 is 0 Å². The zero-order chi connectivity index (χ0) is 16.6. The first kappa shape index (κ1) is 15.8. The number of benzene rings is 2. The van der Waals surface area contributed by atoms with Gasteiger partial charge in [0.2, 0.25) is 0 Å². The van der Waals surface area contributed by atoms with E-state index in [2.05, 4.69) is 71.3 Å². The highest BCUT2D eigenvalue weighted by Crippen LogP contribution is 2.33. The van der Waals surface area contributed by atoms with Gasteiger partial charge in [0.05, 0.1) is 23.1 Å². The first-order chi connectivity index (χ1) is 10.8. The third-order valence-corrected chi connectivity index (χ3v) is 4.37. The maximum atomic E-state index is 6.14. The second-order valence-electron chi connectivity index (χ2n) is 6.70. The minimum atomic E-state index is 0.145. The van der Waals surface area contributed by atoms with Gasteiger partial charge < -0.3 is 11.1 Å². The van der Waals surface area contributed by atoms with Crippen molar-refractivity contribution in [3.8, 4) is 0 Å². The smallest absolute Gasteiger partial charge is 0.0746 e. The molecule has 3 rings (SSSR count). The summed E-state index contributed by atoms with van der Waals surface area (Å²) in [6, 6.07) is 14.5. The van der Waals surface area contributed by atoms with Crippen LogP contribution in [0.4, 0.5) is 17.1 Å². The second-order valence-corrected chi connectivity index (χ2v) is 7.62. The van der Waals surface area contributed by atoms with E-state index in [1.54, 1.807) is 6.20 Å². The zero-order valence-corrected chi connectivity index (χ0v) is 15.1. The van der Waals surface area contributed by atoms with Gasteiger partial charge in [0.1, 0.15) is 0 Å². The average Bonchev–Trinajstić information content (AvgIpc) is 2.50. The number of aromatic nitrogens is 1. The Hall–Kier alpha value is -2.07. The number of nitrogens with zero attached hydrogens (tertiary/aromatic N) is 1. The van der Waals surface area contributed by atoms with Crippen LogP contribution in [0.3, 0.4) is 0 Å². The quantitative estimate of drug-likeness (QED) is 0.616. The van der Waals surface area contributed by atoms with E-state index in [9.17, 15) is 0 Å². The van der Waals surface area contributed by atoms with Gasteiger partial charge >= 0.3 is 0 Å². The summed E-state index contributed by atoms with van der Waals surface area (Å²) in [7, 11) is 0. The summed E-state index contributed by atoms with van der Waals surface area (Å²) in [5.74, 6) is 0. The number of pyridine rings is 1. The van der Waals surface area contributed by atoms with Crippen LogP contribution in [0.25, 0.3) is 10.9 Å². The number of nitrogen functional groups attached to an aromatic ring is 1. The Morgan fingerprint density at radius 3 is 2.39 bits per heavy atom. The van der Waals surface area contributed by atoms with E-state index in [1.165, 1.54) is 5.56 Å². The number of hydrogen-bond acceptors (Lipinski definition) is 3. The molecule has 0 saturated carbocycles. The van der Waals surface area contributed by atoms with Crippen LogP contribution >= 0.6 is 15.9 Å². The maximum absolute atomic E-state index is 6.14. The van der Waals surface area contributed by atoms with Crippen LogP contribution in [-0.2, 0) is 5.41 Å². The molecule has 0 spiro atoms. The Kier molecular flexibility index (Phi) is 4.02. The molecule has 3 N–H and O–H groups in total. The van der Waals surface area contributed by atoms with Crippen LogP contribution in [0.5, 0.6) is 0 Å². The molecular formula is C19H20BrN3. The van der Waals surface area contributed by atoms with Crippen LogP contribution in [-0.4, -0.2) is 4.98 Å². The number of nitrogens with two attached hydrogens (primary N) is 1. The molecule has 0 aliphatic rings. The van der Waals surface area contributed by atoms with E-state index in [0.29, 0.717) is 5.69 Å². The highest BCUT2D eigenvalue weighted by Gasteiger charge is 2.13. The molecule has 1 heterocycles. The Balaban J connectivity index is 2.01. The van der Waals surface area contributed by atoms with Crippen molar-refractivity contribution in [1.82, 2.24) is 4.98 Å². The van der Waals surface area contributed by atoms with E-state index >= 15 is 0 Å².